The number of nitrogens with zero attached hydrogens (tertiary/aromatic N) is 2. The molecule has 0 bridgehead atoms. The molecule has 1 amide bonds. The summed E-state index contributed by atoms with van der Waals surface area (Å²) in [4.78, 5) is 27.8. The molecule has 8 heteroatoms. The molecule has 0 radical (unpaired) electrons. The fourth-order valence-electron chi connectivity index (χ4n) is 3.48. The summed E-state index contributed by atoms with van der Waals surface area (Å²) in [6, 6.07) is 7.60. The van der Waals surface area contributed by atoms with Crippen LogP contribution in [0, 0.1) is 17.5 Å². The van der Waals surface area contributed by atoms with Gasteiger partial charge in [-0.25, -0.2) is 13.2 Å². The highest BCUT2D eigenvalue weighted by Crippen LogP contribution is 2.25. The number of halogens is 3. The molecule has 1 saturated heterocycles. The van der Waals surface area contributed by atoms with Gasteiger partial charge in [-0.3, -0.25) is 9.59 Å². The predicted octanol–water partition coefficient (Wildman–Crippen LogP) is 3.91. The third-order valence-electron chi connectivity index (χ3n) is 5.10. The van der Waals surface area contributed by atoms with Gasteiger partial charge >= 0.3 is 5.97 Å². The van der Waals surface area contributed by atoms with Crippen LogP contribution in [0.3, 0.4) is 0 Å². The maximum atomic E-state index is 14.6. The second-order valence-corrected chi connectivity index (χ2v) is 7.16. The van der Waals surface area contributed by atoms with E-state index < -0.39 is 29.3 Å². The maximum absolute atomic E-state index is 14.6. The number of hydrogen-bond donors (Lipinski definition) is 0. The van der Waals surface area contributed by atoms with Crippen molar-refractivity contribution >= 4 is 17.6 Å². The zero-order chi connectivity index (χ0) is 21.7. The normalized spacial score (nSPS) is 13.4. The van der Waals surface area contributed by atoms with Crippen molar-refractivity contribution in [2.45, 2.75) is 25.8 Å². The van der Waals surface area contributed by atoms with Crippen LogP contribution >= 0.6 is 0 Å². The van der Waals surface area contributed by atoms with E-state index in [0.717, 1.165) is 38.1 Å². The van der Waals surface area contributed by atoms with Crippen LogP contribution in [0.5, 0.6) is 0 Å². The van der Waals surface area contributed by atoms with Gasteiger partial charge in [0.05, 0.1) is 19.2 Å². The Labute approximate surface area is 173 Å². The molecule has 2 aromatic carbocycles. The second kappa shape index (κ2) is 9.65. The quantitative estimate of drug-likeness (QED) is 0.638. The molecule has 0 unspecified atom stereocenters. The number of carbonyl (C=O) groups is 2. The van der Waals surface area contributed by atoms with Gasteiger partial charge in [0.15, 0.2) is 11.6 Å². The minimum Gasteiger partial charge on any atom is -0.469 e. The van der Waals surface area contributed by atoms with E-state index in [-0.39, 0.29) is 25.1 Å². The van der Waals surface area contributed by atoms with Crippen LogP contribution in [0.2, 0.25) is 0 Å². The summed E-state index contributed by atoms with van der Waals surface area (Å²) in [6.45, 7) is 1.46. The van der Waals surface area contributed by atoms with Gasteiger partial charge in [-0.05, 0) is 48.7 Å². The van der Waals surface area contributed by atoms with Crippen LogP contribution in [0.25, 0.3) is 0 Å². The van der Waals surface area contributed by atoms with Crippen molar-refractivity contribution in [3.63, 3.8) is 0 Å². The summed E-state index contributed by atoms with van der Waals surface area (Å²) >= 11 is 0. The van der Waals surface area contributed by atoms with Crippen molar-refractivity contribution in [3.05, 3.63) is 65.0 Å². The van der Waals surface area contributed by atoms with Crippen molar-refractivity contribution in [1.29, 1.82) is 0 Å². The fourth-order valence-corrected chi connectivity index (χ4v) is 3.48. The van der Waals surface area contributed by atoms with Gasteiger partial charge in [0, 0.05) is 31.7 Å². The monoisotopic (exact) mass is 420 g/mol. The third kappa shape index (κ3) is 5.11. The van der Waals surface area contributed by atoms with Crippen LogP contribution < -0.4 is 4.90 Å². The molecule has 0 N–H and O–H groups in total. The molecule has 160 valence electrons. The summed E-state index contributed by atoms with van der Waals surface area (Å²) in [7, 11) is 1.23. The SMILES string of the molecule is COC(=O)CCN(Cc1ccc(F)c(F)c1)C(=O)c1ccc(N2CCCC2)c(F)c1. The number of amides is 1. The zero-order valence-corrected chi connectivity index (χ0v) is 16.7. The first-order chi connectivity index (χ1) is 14.4. The average molecular weight is 420 g/mol. The Morgan fingerprint density at radius 1 is 1.00 bits per heavy atom. The van der Waals surface area contributed by atoms with E-state index in [0.29, 0.717) is 11.3 Å². The molecule has 0 atom stereocenters. The highest BCUT2D eigenvalue weighted by molar-refractivity contribution is 5.94. The lowest BCUT2D eigenvalue weighted by Gasteiger charge is -2.24. The molecule has 1 heterocycles. The fraction of sp³-hybridized carbons (Fsp3) is 0.364. The molecular formula is C22H23F3N2O3. The van der Waals surface area contributed by atoms with Crippen LogP contribution in [0.4, 0.5) is 18.9 Å². The summed E-state index contributed by atoms with van der Waals surface area (Å²) in [6.07, 6.45) is 1.91. The molecule has 0 saturated carbocycles. The Morgan fingerprint density at radius 2 is 1.73 bits per heavy atom. The van der Waals surface area contributed by atoms with E-state index in [1.54, 1.807) is 6.07 Å². The van der Waals surface area contributed by atoms with Gasteiger partial charge < -0.3 is 14.5 Å². The van der Waals surface area contributed by atoms with Gasteiger partial charge in [0.1, 0.15) is 5.82 Å². The molecule has 5 nitrogen and oxygen atoms in total. The molecule has 0 spiro atoms. The number of anilines is 1. The van der Waals surface area contributed by atoms with E-state index in [2.05, 4.69) is 4.74 Å². The molecule has 1 aliphatic rings. The van der Waals surface area contributed by atoms with Crippen molar-refractivity contribution in [1.82, 2.24) is 4.90 Å². The van der Waals surface area contributed by atoms with Crippen molar-refractivity contribution < 1.29 is 27.5 Å². The molecular weight excluding hydrogens is 397 g/mol. The van der Waals surface area contributed by atoms with Crippen LogP contribution in [0.1, 0.15) is 35.2 Å². The zero-order valence-electron chi connectivity index (χ0n) is 16.7. The minimum atomic E-state index is -1.03. The number of methoxy groups -OCH3 is 1. The van der Waals surface area contributed by atoms with Gasteiger partial charge in [0.2, 0.25) is 0 Å². The topological polar surface area (TPSA) is 49.9 Å². The standard InChI is InChI=1S/C22H23F3N2O3/c1-30-21(28)8-11-27(14-15-4-6-17(23)18(24)12-15)22(29)16-5-7-20(19(25)13-16)26-9-2-3-10-26/h4-7,12-13H,2-3,8-11,14H2,1H3. The number of ether oxygens (including phenoxy) is 1. The largest absolute Gasteiger partial charge is 0.469 e. The van der Waals surface area contributed by atoms with Crippen LogP contribution in [-0.2, 0) is 16.1 Å². The van der Waals surface area contributed by atoms with Crippen LogP contribution in [0.15, 0.2) is 36.4 Å². The lowest BCUT2D eigenvalue weighted by molar-refractivity contribution is -0.140. The molecule has 0 aliphatic carbocycles. The summed E-state index contributed by atoms with van der Waals surface area (Å²) in [5, 5.41) is 0. The number of carbonyl (C=O) groups excluding carboxylic acids is 2. The van der Waals surface area contributed by atoms with E-state index in [9.17, 15) is 22.8 Å². The predicted molar refractivity (Wildman–Crippen MR) is 106 cm³/mol. The smallest absolute Gasteiger partial charge is 0.307 e. The first-order valence-corrected chi connectivity index (χ1v) is 9.73. The van der Waals surface area contributed by atoms with E-state index in [4.69, 9.17) is 0 Å². The Morgan fingerprint density at radius 3 is 2.37 bits per heavy atom. The number of hydrogen-bond acceptors (Lipinski definition) is 4. The second-order valence-electron chi connectivity index (χ2n) is 7.16. The molecule has 0 aromatic heterocycles. The van der Waals surface area contributed by atoms with E-state index in [1.807, 2.05) is 4.90 Å². The first-order valence-electron chi connectivity index (χ1n) is 9.73. The Hall–Kier alpha value is -3.03. The lowest BCUT2D eigenvalue weighted by atomic mass is 10.1. The highest BCUT2D eigenvalue weighted by atomic mass is 19.2. The number of esters is 1. The number of rotatable bonds is 7. The highest BCUT2D eigenvalue weighted by Gasteiger charge is 2.22. The van der Waals surface area contributed by atoms with Gasteiger partial charge in [-0.15, -0.1) is 0 Å². The van der Waals surface area contributed by atoms with Crippen molar-refractivity contribution in [2.75, 3.05) is 31.6 Å². The maximum Gasteiger partial charge on any atom is 0.307 e. The Bertz CT molecular complexity index is 930. The Kier molecular flexibility index (Phi) is 6.97. The molecule has 1 aliphatic heterocycles. The van der Waals surface area contributed by atoms with Crippen LogP contribution in [-0.4, -0.2) is 43.5 Å². The molecule has 1 fully saturated rings. The average Bonchev–Trinajstić information content (AvgIpc) is 3.27. The Balaban J connectivity index is 1.82. The van der Waals surface area contributed by atoms with E-state index in [1.165, 1.54) is 30.2 Å². The van der Waals surface area contributed by atoms with Gasteiger partial charge in [-0.2, -0.15) is 0 Å². The molecule has 2 aromatic rings. The van der Waals surface area contributed by atoms with Gasteiger partial charge in [-0.1, -0.05) is 6.07 Å². The minimum absolute atomic E-state index is 0.0139. The lowest BCUT2D eigenvalue weighted by Crippen LogP contribution is -2.33. The first kappa shape index (κ1) is 21.7. The van der Waals surface area contributed by atoms with Crippen molar-refractivity contribution in [2.24, 2.45) is 0 Å². The molecule has 3 rings (SSSR count). The summed E-state index contributed by atoms with van der Waals surface area (Å²) < 4.78 is 46.0. The summed E-state index contributed by atoms with van der Waals surface area (Å²) in [5.41, 5.74) is 0.912. The molecule has 30 heavy (non-hydrogen) atoms. The van der Waals surface area contributed by atoms with Crippen molar-refractivity contribution in [3.8, 4) is 0 Å². The third-order valence-corrected chi connectivity index (χ3v) is 5.10. The van der Waals surface area contributed by atoms with Gasteiger partial charge in [0.25, 0.3) is 5.91 Å². The van der Waals surface area contributed by atoms with E-state index >= 15 is 0 Å². The number of benzene rings is 2. The summed E-state index contributed by atoms with van der Waals surface area (Å²) in [5.74, 6) is -3.56.